The van der Waals surface area contributed by atoms with Gasteiger partial charge in [0, 0.05) is 61.7 Å². The molecule has 2 aliphatic carbocycles. The quantitative estimate of drug-likeness (QED) is 0.396. The van der Waals surface area contributed by atoms with E-state index in [0.717, 1.165) is 55.9 Å². The number of hydrogen-bond donors (Lipinski definition) is 2. The number of rotatable bonds is 7. The Kier molecular flexibility index (Phi) is 6.72. The van der Waals surface area contributed by atoms with Crippen molar-refractivity contribution in [3.63, 3.8) is 0 Å². The number of nitrogens with zero attached hydrogens (tertiary/aromatic N) is 2. The van der Waals surface area contributed by atoms with Crippen LogP contribution in [-0.2, 0) is 4.74 Å². The van der Waals surface area contributed by atoms with Gasteiger partial charge in [0.25, 0.3) is 0 Å². The van der Waals surface area contributed by atoms with E-state index in [1.54, 1.807) is 0 Å². The molecule has 6 rings (SSSR count). The lowest BCUT2D eigenvalue weighted by Crippen LogP contribution is -2.41. The zero-order chi connectivity index (χ0) is 25.4. The Morgan fingerprint density at radius 2 is 1.70 bits per heavy atom. The highest BCUT2D eigenvalue weighted by Gasteiger charge is 2.29. The molecule has 0 unspecified atom stereocenters. The second-order valence-corrected chi connectivity index (χ2v) is 11.0. The standard InChI is InChI=1S/C30H38N4O3/c1-33(2)29-26-14-13-25(37-24-15-17-36-18-16-24)19-27(26)34(23-7-4-8-23)28(29)20-9-11-22(12-10-20)32-30(35)31-21-5-3-6-21/h9-14,19,21,23-24H,3-8,15-18H2,1-2H3,(H2,31,32,35). The molecule has 1 saturated heterocycles. The van der Waals surface area contributed by atoms with Crippen LogP contribution in [0.1, 0.15) is 57.4 Å². The zero-order valence-electron chi connectivity index (χ0n) is 22.0. The highest BCUT2D eigenvalue weighted by molar-refractivity contribution is 6.03. The van der Waals surface area contributed by atoms with Crippen LogP contribution in [0.15, 0.2) is 42.5 Å². The third-order valence-electron chi connectivity index (χ3n) is 8.16. The first-order valence-electron chi connectivity index (χ1n) is 13.8. The first-order chi connectivity index (χ1) is 18.1. The molecule has 1 aromatic heterocycles. The van der Waals surface area contributed by atoms with Gasteiger partial charge in [-0.15, -0.1) is 0 Å². The molecule has 7 heteroatoms. The van der Waals surface area contributed by atoms with Gasteiger partial charge in [-0.3, -0.25) is 0 Å². The summed E-state index contributed by atoms with van der Waals surface area (Å²) >= 11 is 0. The van der Waals surface area contributed by atoms with E-state index in [1.807, 2.05) is 12.1 Å². The van der Waals surface area contributed by atoms with Crippen LogP contribution in [0.4, 0.5) is 16.2 Å². The van der Waals surface area contributed by atoms with Gasteiger partial charge in [-0.1, -0.05) is 12.1 Å². The van der Waals surface area contributed by atoms with Crippen LogP contribution >= 0.6 is 0 Å². The van der Waals surface area contributed by atoms with Gasteiger partial charge in [-0.2, -0.15) is 0 Å². The minimum atomic E-state index is -0.118. The molecular formula is C30H38N4O3. The number of amides is 2. The topological polar surface area (TPSA) is 67.8 Å². The van der Waals surface area contributed by atoms with E-state index in [0.29, 0.717) is 12.1 Å². The third-order valence-corrected chi connectivity index (χ3v) is 8.16. The molecule has 0 radical (unpaired) electrons. The number of carbonyl (C=O) groups is 1. The van der Waals surface area contributed by atoms with Crippen molar-refractivity contribution >= 4 is 28.3 Å². The summed E-state index contributed by atoms with van der Waals surface area (Å²) in [5.41, 5.74) is 5.66. The highest BCUT2D eigenvalue weighted by Crippen LogP contribution is 2.47. The summed E-state index contributed by atoms with van der Waals surface area (Å²) < 4.78 is 14.5. The fourth-order valence-corrected chi connectivity index (χ4v) is 5.70. The average Bonchev–Trinajstić information content (AvgIpc) is 3.16. The van der Waals surface area contributed by atoms with Gasteiger partial charge >= 0.3 is 6.03 Å². The number of carbonyl (C=O) groups excluding carboxylic acids is 1. The van der Waals surface area contributed by atoms with Gasteiger partial charge in [-0.25, -0.2) is 4.79 Å². The van der Waals surface area contributed by atoms with Crippen LogP contribution in [0, 0.1) is 0 Å². The Balaban J connectivity index is 1.35. The summed E-state index contributed by atoms with van der Waals surface area (Å²) in [5, 5.41) is 7.29. The second-order valence-electron chi connectivity index (χ2n) is 11.0. The number of nitrogens with one attached hydrogen (secondary N) is 2. The molecule has 2 saturated carbocycles. The lowest BCUT2D eigenvalue weighted by molar-refractivity contribution is 0.0256. The van der Waals surface area contributed by atoms with Gasteiger partial charge in [0.2, 0.25) is 0 Å². The Bertz CT molecular complexity index is 1250. The monoisotopic (exact) mass is 502 g/mol. The second kappa shape index (κ2) is 10.3. The number of urea groups is 1. The minimum Gasteiger partial charge on any atom is -0.490 e. The fraction of sp³-hybridized carbons (Fsp3) is 0.500. The van der Waals surface area contributed by atoms with Crippen LogP contribution in [0.2, 0.25) is 0 Å². The Morgan fingerprint density at radius 1 is 0.973 bits per heavy atom. The van der Waals surface area contributed by atoms with E-state index in [4.69, 9.17) is 9.47 Å². The molecule has 196 valence electrons. The molecule has 3 aliphatic rings. The van der Waals surface area contributed by atoms with Crippen LogP contribution in [0.3, 0.4) is 0 Å². The van der Waals surface area contributed by atoms with Gasteiger partial charge in [0.1, 0.15) is 11.9 Å². The minimum absolute atomic E-state index is 0.118. The van der Waals surface area contributed by atoms with Gasteiger partial charge in [0.05, 0.1) is 30.1 Å². The molecule has 0 spiro atoms. The number of ether oxygens (including phenoxy) is 2. The molecule has 3 fully saturated rings. The third kappa shape index (κ3) is 4.89. The maximum Gasteiger partial charge on any atom is 0.319 e. The highest BCUT2D eigenvalue weighted by atomic mass is 16.5. The first-order valence-corrected chi connectivity index (χ1v) is 13.8. The molecule has 0 atom stereocenters. The van der Waals surface area contributed by atoms with Crippen molar-refractivity contribution in [1.29, 1.82) is 0 Å². The van der Waals surface area contributed by atoms with Crippen LogP contribution in [-0.4, -0.2) is 50.1 Å². The number of hydrogen-bond acceptors (Lipinski definition) is 4. The van der Waals surface area contributed by atoms with Crippen molar-refractivity contribution in [3.05, 3.63) is 42.5 Å². The molecule has 37 heavy (non-hydrogen) atoms. The number of benzene rings is 2. The summed E-state index contributed by atoms with van der Waals surface area (Å²) in [4.78, 5) is 14.6. The summed E-state index contributed by atoms with van der Waals surface area (Å²) in [5.74, 6) is 0.936. The maximum absolute atomic E-state index is 12.3. The van der Waals surface area contributed by atoms with Crippen molar-refractivity contribution in [2.75, 3.05) is 37.5 Å². The molecular weight excluding hydrogens is 464 g/mol. The maximum atomic E-state index is 12.3. The summed E-state index contributed by atoms with van der Waals surface area (Å²) in [6, 6.07) is 15.5. The summed E-state index contributed by atoms with van der Waals surface area (Å²) in [6.07, 6.45) is 9.09. The normalized spacial score (nSPS) is 18.8. The Morgan fingerprint density at radius 3 is 2.32 bits per heavy atom. The smallest absolute Gasteiger partial charge is 0.319 e. The molecule has 7 nitrogen and oxygen atoms in total. The first kappa shape index (κ1) is 24.2. The lowest BCUT2D eigenvalue weighted by Gasteiger charge is -2.31. The van der Waals surface area contributed by atoms with E-state index in [1.165, 1.54) is 48.0 Å². The van der Waals surface area contributed by atoms with Crippen molar-refractivity contribution in [1.82, 2.24) is 9.88 Å². The number of aromatic nitrogens is 1. The van der Waals surface area contributed by atoms with E-state index in [-0.39, 0.29) is 12.1 Å². The Labute approximate surface area is 219 Å². The number of anilines is 2. The molecule has 1 aliphatic heterocycles. The SMILES string of the molecule is CN(C)c1c(-c2ccc(NC(=O)NC3CCC3)cc2)n(C2CCC2)c2cc(OC3CCOCC3)ccc12. The molecule has 3 aromatic rings. The predicted octanol–water partition coefficient (Wildman–Crippen LogP) is 6.33. The predicted molar refractivity (Wildman–Crippen MR) is 149 cm³/mol. The van der Waals surface area contributed by atoms with Crippen molar-refractivity contribution in [2.45, 2.75) is 69.6 Å². The van der Waals surface area contributed by atoms with E-state index in [9.17, 15) is 4.79 Å². The number of fused-ring (bicyclic) bond motifs is 1. The van der Waals surface area contributed by atoms with Crippen LogP contribution < -0.4 is 20.3 Å². The van der Waals surface area contributed by atoms with E-state index < -0.39 is 0 Å². The molecule has 2 aromatic carbocycles. The lowest BCUT2D eigenvalue weighted by atomic mass is 9.92. The van der Waals surface area contributed by atoms with Crippen molar-refractivity contribution < 1.29 is 14.3 Å². The molecule has 2 N–H and O–H groups in total. The summed E-state index contributed by atoms with van der Waals surface area (Å²) in [6.45, 7) is 1.54. The largest absolute Gasteiger partial charge is 0.490 e. The summed E-state index contributed by atoms with van der Waals surface area (Å²) in [7, 11) is 4.24. The van der Waals surface area contributed by atoms with E-state index in [2.05, 4.69) is 64.5 Å². The van der Waals surface area contributed by atoms with Crippen molar-refractivity contribution in [3.8, 4) is 17.0 Å². The molecule has 0 bridgehead atoms. The van der Waals surface area contributed by atoms with Crippen LogP contribution in [0.5, 0.6) is 5.75 Å². The molecule has 2 amide bonds. The van der Waals surface area contributed by atoms with Gasteiger partial charge in [-0.05, 0) is 62.8 Å². The average molecular weight is 503 g/mol. The van der Waals surface area contributed by atoms with Crippen LogP contribution in [0.25, 0.3) is 22.2 Å². The van der Waals surface area contributed by atoms with Gasteiger partial charge in [0.15, 0.2) is 0 Å². The zero-order valence-corrected chi connectivity index (χ0v) is 22.0. The fourth-order valence-electron chi connectivity index (χ4n) is 5.70. The van der Waals surface area contributed by atoms with Crippen molar-refractivity contribution in [2.24, 2.45) is 0 Å². The molecule has 2 heterocycles. The van der Waals surface area contributed by atoms with E-state index >= 15 is 0 Å². The van der Waals surface area contributed by atoms with Gasteiger partial charge < -0.3 is 29.6 Å². The Hall–Kier alpha value is -3.19.